The first-order valence-corrected chi connectivity index (χ1v) is 7.80. The maximum Gasteiger partial charge on any atom is 0.410 e. The van der Waals surface area contributed by atoms with Gasteiger partial charge in [0, 0.05) is 6.54 Å². The van der Waals surface area contributed by atoms with Gasteiger partial charge >= 0.3 is 12.1 Å². The Hall–Kier alpha value is -1.26. The third-order valence-electron chi connectivity index (χ3n) is 3.43. The van der Waals surface area contributed by atoms with Crippen molar-refractivity contribution in [3.63, 3.8) is 0 Å². The normalized spacial score (nSPS) is 18.1. The molecule has 5 heteroatoms. The highest BCUT2D eigenvalue weighted by molar-refractivity contribution is 5.82. The van der Waals surface area contributed by atoms with Gasteiger partial charge in [0.15, 0.2) is 0 Å². The fraction of sp³-hybridized carbons (Fsp3) is 0.867. The van der Waals surface area contributed by atoms with Gasteiger partial charge in [0.25, 0.3) is 0 Å². The molecule has 116 valence electrons. The van der Waals surface area contributed by atoms with E-state index in [1.807, 2.05) is 6.92 Å². The Morgan fingerprint density at radius 1 is 1.05 bits per heavy atom. The predicted molar refractivity (Wildman–Crippen MR) is 76.5 cm³/mol. The van der Waals surface area contributed by atoms with Crippen LogP contribution in [0.2, 0.25) is 0 Å². The lowest BCUT2D eigenvalue weighted by molar-refractivity contribution is -0.148. The van der Waals surface area contributed by atoms with E-state index in [0.717, 1.165) is 38.5 Å². The molecule has 0 saturated carbocycles. The van der Waals surface area contributed by atoms with Crippen molar-refractivity contribution < 1.29 is 19.1 Å². The van der Waals surface area contributed by atoms with Crippen molar-refractivity contribution >= 4 is 12.1 Å². The molecule has 1 rings (SSSR count). The van der Waals surface area contributed by atoms with E-state index in [-0.39, 0.29) is 5.97 Å². The van der Waals surface area contributed by atoms with E-state index in [0.29, 0.717) is 26.2 Å². The zero-order chi connectivity index (χ0) is 14.8. The topological polar surface area (TPSA) is 55.8 Å². The van der Waals surface area contributed by atoms with Crippen LogP contribution < -0.4 is 0 Å². The second kappa shape index (κ2) is 9.61. The van der Waals surface area contributed by atoms with Crippen molar-refractivity contribution in [2.24, 2.45) is 0 Å². The Balaban J connectivity index is 2.32. The van der Waals surface area contributed by atoms with Gasteiger partial charge in [0.05, 0.1) is 13.2 Å². The molecular formula is C15H27NO4. The van der Waals surface area contributed by atoms with Crippen LogP contribution >= 0.6 is 0 Å². The molecule has 1 atom stereocenters. The van der Waals surface area contributed by atoms with Gasteiger partial charge < -0.3 is 9.47 Å². The standard InChI is InChI=1S/C15H27NO4/c1-3-5-6-7-12-19-14(17)13-9-8-10-16(13)15(18)20-11-4-2/h13H,3-12H2,1-2H3/t13-/m0/s1. The molecule has 20 heavy (non-hydrogen) atoms. The van der Waals surface area contributed by atoms with E-state index in [9.17, 15) is 9.59 Å². The SMILES string of the molecule is CCCCCCOC(=O)[C@@H]1CCCN1C(=O)OCCC. The number of nitrogens with zero attached hydrogens (tertiary/aromatic N) is 1. The molecule has 5 nitrogen and oxygen atoms in total. The fourth-order valence-electron chi connectivity index (χ4n) is 2.30. The summed E-state index contributed by atoms with van der Waals surface area (Å²) in [6.07, 6.45) is 6.20. The number of carbonyl (C=O) groups excluding carboxylic acids is 2. The second-order valence-electron chi connectivity index (χ2n) is 5.19. The minimum Gasteiger partial charge on any atom is -0.464 e. The molecule has 0 N–H and O–H groups in total. The zero-order valence-corrected chi connectivity index (χ0v) is 12.7. The van der Waals surface area contributed by atoms with E-state index in [1.54, 1.807) is 0 Å². The molecule has 0 aliphatic carbocycles. The molecule has 0 spiro atoms. The van der Waals surface area contributed by atoms with Crippen LogP contribution in [0, 0.1) is 0 Å². The Morgan fingerprint density at radius 2 is 1.85 bits per heavy atom. The quantitative estimate of drug-likeness (QED) is 0.508. The second-order valence-corrected chi connectivity index (χ2v) is 5.19. The average molecular weight is 285 g/mol. The maximum atomic E-state index is 12.0. The smallest absolute Gasteiger partial charge is 0.410 e. The van der Waals surface area contributed by atoms with Gasteiger partial charge in [-0.1, -0.05) is 33.1 Å². The minimum atomic E-state index is -0.453. The first kappa shape index (κ1) is 16.8. The van der Waals surface area contributed by atoms with Crippen LogP contribution in [0.3, 0.4) is 0 Å². The number of rotatable bonds is 8. The lowest BCUT2D eigenvalue weighted by atomic mass is 10.2. The molecule has 0 radical (unpaired) electrons. The largest absolute Gasteiger partial charge is 0.464 e. The molecule has 0 unspecified atom stereocenters. The van der Waals surface area contributed by atoms with Crippen LogP contribution in [0.1, 0.15) is 58.8 Å². The lowest BCUT2D eigenvalue weighted by Gasteiger charge is -2.22. The van der Waals surface area contributed by atoms with E-state index in [1.165, 1.54) is 4.90 Å². The molecule has 0 bridgehead atoms. The number of ether oxygens (including phenoxy) is 2. The van der Waals surface area contributed by atoms with Gasteiger partial charge in [-0.15, -0.1) is 0 Å². The molecule has 1 aliphatic rings. The molecule has 0 aromatic carbocycles. The summed E-state index contributed by atoms with van der Waals surface area (Å²) in [5.74, 6) is -0.285. The summed E-state index contributed by atoms with van der Waals surface area (Å²) in [4.78, 5) is 25.3. The van der Waals surface area contributed by atoms with Crippen LogP contribution in [-0.4, -0.2) is 42.8 Å². The highest BCUT2D eigenvalue weighted by Gasteiger charge is 2.36. The minimum absolute atomic E-state index is 0.285. The monoisotopic (exact) mass is 285 g/mol. The number of unbranched alkanes of at least 4 members (excludes halogenated alkanes) is 3. The summed E-state index contributed by atoms with van der Waals surface area (Å²) in [5.41, 5.74) is 0. The van der Waals surface area contributed by atoms with Gasteiger partial charge in [-0.05, 0) is 25.7 Å². The molecule has 1 amide bonds. The van der Waals surface area contributed by atoms with Gasteiger partial charge in [-0.3, -0.25) is 4.90 Å². The van der Waals surface area contributed by atoms with E-state index < -0.39 is 12.1 Å². The Kier molecular flexibility index (Phi) is 8.07. The third kappa shape index (κ3) is 5.39. The summed E-state index contributed by atoms with van der Waals surface area (Å²) in [7, 11) is 0. The molecular weight excluding hydrogens is 258 g/mol. The maximum absolute atomic E-state index is 12.0. The number of esters is 1. The van der Waals surface area contributed by atoms with Crippen molar-refractivity contribution in [3.8, 4) is 0 Å². The molecule has 1 fully saturated rings. The molecule has 0 aromatic heterocycles. The summed E-state index contributed by atoms with van der Waals surface area (Å²) in [6, 6.07) is -0.453. The first-order chi connectivity index (χ1) is 9.70. The van der Waals surface area contributed by atoms with E-state index in [4.69, 9.17) is 9.47 Å². The Bertz CT molecular complexity index is 306. The van der Waals surface area contributed by atoms with Gasteiger partial charge in [-0.25, -0.2) is 9.59 Å². The predicted octanol–water partition coefficient (Wildman–Crippen LogP) is 3.12. The summed E-state index contributed by atoms with van der Waals surface area (Å²) in [6.45, 7) is 5.52. The molecule has 1 aliphatic heterocycles. The van der Waals surface area contributed by atoms with Gasteiger partial charge in [-0.2, -0.15) is 0 Å². The molecule has 1 saturated heterocycles. The van der Waals surface area contributed by atoms with Crippen molar-refractivity contribution in [2.75, 3.05) is 19.8 Å². The van der Waals surface area contributed by atoms with Crippen LogP contribution in [0.4, 0.5) is 4.79 Å². The number of carbonyl (C=O) groups is 2. The Morgan fingerprint density at radius 3 is 2.55 bits per heavy atom. The summed E-state index contributed by atoms with van der Waals surface area (Å²) in [5, 5.41) is 0. The molecule has 0 aromatic rings. The lowest BCUT2D eigenvalue weighted by Crippen LogP contribution is -2.41. The number of amides is 1. The van der Waals surface area contributed by atoms with Crippen LogP contribution in [0.5, 0.6) is 0 Å². The highest BCUT2D eigenvalue weighted by Crippen LogP contribution is 2.19. The van der Waals surface area contributed by atoms with Crippen LogP contribution in [0.15, 0.2) is 0 Å². The van der Waals surface area contributed by atoms with Crippen molar-refractivity contribution in [2.45, 2.75) is 64.8 Å². The number of hydrogen-bond donors (Lipinski definition) is 0. The van der Waals surface area contributed by atoms with E-state index >= 15 is 0 Å². The van der Waals surface area contributed by atoms with Crippen LogP contribution in [0.25, 0.3) is 0 Å². The third-order valence-corrected chi connectivity index (χ3v) is 3.43. The summed E-state index contributed by atoms with van der Waals surface area (Å²) < 4.78 is 10.4. The average Bonchev–Trinajstić information content (AvgIpc) is 2.93. The Labute approximate surface area is 121 Å². The first-order valence-electron chi connectivity index (χ1n) is 7.80. The van der Waals surface area contributed by atoms with E-state index in [2.05, 4.69) is 6.92 Å². The number of likely N-dealkylation sites (tertiary alicyclic amines) is 1. The van der Waals surface area contributed by atoms with Crippen LogP contribution in [-0.2, 0) is 14.3 Å². The van der Waals surface area contributed by atoms with Gasteiger partial charge in [0.2, 0.25) is 0 Å². The van der Waals surface area contributed by atoms with Gasteiger partial charge in [0.1, 0.15) is 6.04 Å². The highest BCUT2D eigenvalue weighted by atomic mass is 16.6. The zero-order valence-electron chi connectivity index (χ0n) is 12.7. The van der Waals surface area contributed by atoms with Crippen molar-refractivity contribution in [1.82, 2.24) is 4.90 Å². The summed E-state index contributed by atoms with van der Waals surface area (Å²) >= 11 is 0. The van der Waals surface area contributed by atoms with Crippen molar-refractivity contribution in [3.05, 3.63) is 0 Å². The van der Waals surface area contributed by atoms with Crippen molar-refractivity contribution in [1.29, 1.82) is 0 Å². The fourth-order valence-corrected chi connectivity index (χ4v) is 2.30. The number of hydrogen-bond acceptors (Lipinski definition) is 4. The molecule has 1 heterocycles.